The summed E-state index contributed by atoms with van der Waals surface area (Å²) in [4.78, 5) is 12.5. The van der Waals surface area contributed by atoms with Crippen LogP contribution in [0.4, 0.5) is 11.5 Å². The van der Waals surface area contributed by atoms with Crippen molar-refractivity contribution in [3.8, 4) is 0 Å². The Hall–Kier alpha value is -2.86. The van der Waals surface area contributed by atoms with E-state index in [0.717, 1.165) is 11.3 Å². The standard InChI is InChI=1S/C17H16ClN5O/c1-11(12-5-3-2-4-6-12)19-17(24)15-16(22-23-21-15)20-14-9-7-13(18)8-10-14/h2-11H,1H3,(H,19,24)(H2,20,21,22,23)/t11-/m0/s1. The number of rotatable bonds is 5. The molecule has 3 aromatic rings. The number of aromatic amines is 1. The molecule has 1 heterocycles. The molecule has 0 saturated heterocycles. The number of nitrogens with one attached hydrogen (secondary N) is 3. The lowest BCUT2D eigenvalue weighted by Gasteiger charge is -2.13. The summed E-state index contributed by atoms with van der Waals surface area (Å²) in [5.74, 6) is 0.0478. The van der Waals surface area contributed by atoms with E-state index in [1.165, 1.54) is 0 Å². The third-order valence-electron chi connectivity index (χ3n) is 3.52. The van der Waals surface area contributed by atoms with Crippen LogP contribution in [0.15, 0.2) is 54.6 Å². The summed E-state index contributed by atoms with van der Waals surface area (Å²) in [6, 6.07) is 16.7. The summed E-state index contributed by atoms with van der Waals surface area (Å²) in [5, 5.41) is 17.0. The molecule has 6 nitrogen and oxygen atoms in total. The Bertz CT molecular complexity index is 817. The Morgan fingerprint density at radius 3 is 2.50 bits per heavy atom. The second-order valence-corrected chi connectivity index (χ2v) is 5.69. The van der Waals surface area contributed by atoms with Crippen LogP contribution in [0, 0.1) is 0 Å². The lowest BCUT2D eigenvalue weighted by Crippen LogP contribution is -2.27. The fourth-order valence-electron chi connectivity index (χ4n) is 2.24. The van der Waals surface area contributed by atoms with E-state index in [1.54, 1.807) is 24.3 Å². The number of anilines is 2. The van der Waals surface area contributed by atoms with E-state index < -0.39 is 0 Å². The number of halogens is 1. The second-order valence-electron chi connectivity index (χ2n) is 5.26. The molecule has 0 unspecified atom stereocenters. The van der Waals surface area contributed by atoms with Gasteiger partial charge in [-0.2, -0.15) is 5.21 Å². The average molecular weight is 342 g/mol. The van der Waals surface area contributed by atoms with Crippen LogP contribution in [-0.4, -0.2) is 21.3 Å². The van der Waals surface area contributed by atoms with E-state index in [0.29, 0.717) is 10.8 Å². The summed E-state index contributed by atoms with van der Waals surface area (Å²) in [7, 11) is 0. The van der Waals surface area contributed by atoms with Gasteiger partial charge in [-0.3, -0.25) is 4.79 Å². The Morgan fingerprint density at radius 2 is 1.79 bits per heavy atom. The van der Waals surface area contributed by atoms with Crippen LogP contribution < -0.4 is 10.6 Å². The molecule has 122 valence electrons. The van der Waals surface area contributed by atoms with Crippen molar-refractivity contribution in [2.75, 3.05) is 5.32 Å². The van der Waals surface area contributed by atoms with E-state index in [1.807, 2.05) is 37.3 Å². The van der Waals surface area contributed by atoms with Crippen molar-refractivity contribution >= 4 is 29.0 Å². The van der Waals surface area contributed by atoms with Gasteiger partial charge in [0.1, 0.15) is 0 Å². The number of aromatic nitrogens is 3. The topological polar surface area (TPSA) is 82.7 Å². The fraction of sp³-hybridized carbons (Fsp3) is 0.118. The van der Waals surface area contributed by atoms with Gasteiger partial charge in [-0.25, -0.2) is 0 Å². The van der Waals surface area contributed by atoms with E-state index in [4.69, 9.17) is 11.6 Å². The Morgan fingerprint density at radius 1 is 1.08 bits per heavy atom. The van der Waals surface area contributed by atoms with Crippen molar-refractivity contribution in [1.29, 1.82) is 0 Å². The minimum Gasteiger partial charge on any atom is -0.344 e. The van der Waals surface area contributed by atoms with Crippen LogP contribution in [0.3, 0.4) is 0 Å². The van der Waals surface area contributed by atoms with Gasteiger partial charge in [-0.1, -0.05) is 41.9 Å². The first kappa shape index (κ1) is 16.0. The van der Waals surface area contributed by atoms with Crippen LogP contribution in [0.1, 0.15) is 29.0 Å². The number of hydrogen-bond donors (Lipinski definition) is 3. The van der Waals surface area contributed by atoms with E-state index in [2.05, 4.69) is 26.0 Å². The van der Waals surface area contributed by atoms with Gasteiger partial charge in [0.05, 0.1) is 6.04 Å². The molecule has 3 N–H and O–H groups in total. The quantitative estimate of drug-likeness (QED) is 0.661. The zero-order chi connectivity index (χ0) is 16.9. The largest absolute Gasteiger partial charge is 0.344 e. The minimum atomic E-state index is -0.309. The molecule has 1 atom stereocenters. The molecule has 0 fully saturated rings. The van der Waals surface area contributed by atoms with E-state index >= 15 is 0 Å². The first-order valence-corrected chi connectivity index (χ1v) is 7.80. The van der Waals surface area contributed by atoms with Crippen LogP contribution in [-0.2, 0) is 0 Å². The number of nitrogens with zero attached hydrogens (tertiary/aromatic N) is 2. The first-order chi connectivity index (χ1) is 11.6. The highest BCUT2D eigenvalue weighted by Gasteiger charge is 2.19. The van der Waals surface area contributed by atoms with Crippen molar-refractivity contribution in [3.05, 3.63) is 70.9 Å². The lowest BCUT2D eigenvalue weighted by atomic mass is 10.1. The van der Waals surface area contributed by atoms with E-state index in [-0.39, 0.29) is 17.6 Å². The molecule has 0 aliphatic rings. The maximum Gasteiger partial charge on any atom is 0.276 e. The SMILES string of the molecule is C[C@H](NC(=O)c1n[nH]nc1Nc1ccc(Cl)cc1)c1ccccc1. The van der Waals surface area contributed by atoms with Crippen LogP contribution in [0.5, 0.6) is 0 Å². The monoisotopic (exact) mass is 341 g/mol. The molecule has 0 aliphatic heterocycles. The van der Waals surface area contributed by atoms with Crippen LogP contribution in [0.2, 0.25) is 5.02 Å². The maximum absolute atomic E-state index is 12.5. The molecular formula is C17H16ClN5O. The highest BCUT2D eigenvalue weighted by atomic mass is 35.5. The average Bonchev–Trinajstić information content (AvgIpc) is 3.06. The van der Waals surface area contributed by atoms with Crippen molar-refractivity contribution in [1.82, 2.24) is 20.7 Å². The molecule has 0 saturated carbocycles. The molecule has 1 aromatic heterocycles. The van der Waals surface area contributed by atoms with Gasteiger partial charge in [0, 0.05) is 10.7 Å². The van der Waals surface area contributed by atoms with Crippen LogP contribution in [0.25, 0.3) is 0 Å². The minimum absolute atomic E-state index is 0.140. The summed E-state index contributed by atoms with van der Waals surface area (Å²) in [6.45, 7) is 1.92. The molecule has 3 rings (SSSR count). The summed E-state index contributed by atoms with van der Waals surface area (Å²) >= 11 is 5.86. The predicted molar refractivity (Wildman–Crippen MR) is 93.4 cm³/mol. The van der Waals surface area contributed by atoms with Crippen molar-refractivity contribution in [2.45, 2.75) is 13.0 Å². The Balaban J connectivity index is 1.72. The van der Waals surface area contributed by atoms with Gasteiger partial charge in [0.15, 0.2) is 11.5 Å². The van der Waals surface area contributed by atoms with Gasteiger partial charge in [0.2, 0.25) is 0 Å². The van der Waals surface area contributed by atoms with Gasteiger partial charge in [0.25, 0.3) is 5.91 Å². The van der Waals surface area contributed by atoms with Crippen molar-refractivity contribution in [3.63, 3.8) is 0 Å². The summed E-state index contributed by atoms with van der Waals surface area (Å²) in [6.07, 6.45) is 0. The maximum atomic E-state index is 12.5. The highest BCUT2D eigenvalue weighted by molar-refractivity contribution is 6.30. The number of benzene rings is 2. The van der Waals surface area contributed by atoms with Crippen molar-refractivity contribution in [2.24, 2.45) is 0 Å². The number of H-pyrrole nitrogens is 1. The molecule has 0 spiro atoms. The number of hydrogen-bond acceptors (Lipinski definition) is 4. The molecule has 0 aliphatic carbocycles. The lowest BCUT2D eigenvalue weighted by molar-refractivity contribution is 0.0935. The summed E-state index contributed by atoms with van der Waals surface area (Å²) < 4.78 is 0. The first-order valence-electron chi connectivity index (χ1n) is 7.42. The third-order valence-corrected chi connectivity index (χ3v) is 3.77. The van der Waals surface area contributed by atoms with Gasteiger partial charge in [-0.05, 0) is 36.8 Å². The molecule has 0 bridgehead atoms. The van der Waals surface area contributed by atoms with E-state index in [9.17, 15) is 4.79 Å². The van der Waals surface area contributed by atoms with Gasteiger partial charge >= 0.3 is 0 Å². The number of amides is 1. The second kappa shape index (κ2) is 7.14. The predicted octanol–water partition coefficient (Wildman–Crippen LogP) is 3.69. The molecule has 7 heteroatoms. The zero-order valence-electron chi connectivity index (χ0n) is 13.0. The van der Waals surface area contributed by atoms with Crippen molar-refractivity contribution < 1.29 is 4.79 Å². The smallest absolute Gasteiger partial charge is 0.276 e. The zero-order valence-corrected chi connectivity index (χ0v) is 13.7. The number of carbonyl (C=O) groups excluding carboxylic acids is 1. The van der Waals surface area contributed by atoms with Crippen LogP contribution >= 0.6 is 11.6 Å². The highest BCUT2D eigenvalue weighted by Crippen LogP contribution is 2.20. The van der Waals surface area contributed by atoms with Gasteiger partial charge in [-0.15, -0.1) is 10.2 Å². The number of carbonyl (C=O) groups is 1. The molecule has 2 aromatic carbocycles. The molecule has 24 heavy (non-hydrogen) atoms. The van der Waals surface area contributed by atoms with Gasteiger partial charge < -0.3 is 10.6 Å². The molecular weight excluding hydrogens is 326 g/mol. The fourth-order valence-corrected chi connectivity index (χ4v) is 2.36. The molecule has 1 amide bonds. The normalized spacial score (nSPS) is 11.8. The summed E-state index contributed by atoms with van der Waals surface area (Å²) in [5.41, 5.74) is 1.98. The third kappa shape index (κ3) is 3.72. The Labute approximate surface area is 144 Å². The Kier molecular flexibility index (Phi) is 4.77. The molecule has 0 radical (unpaired) electrons.